The van der Waals surface area contributed by atoms with Crippen molar-refractivity contribution < 1.29 is 8.76 Å². The van der Waals surface area contributed by atoms with Gasteiger partial charge in [-0.25, -0.2) is 0 Å². The van der Waals surface area contributed by atoms with E-state index in [1.54, 1.807) is 23.9 Å². The van der Waals surface area contributed by atoms with Gasteiger partial charge in [-0.15, -0.1) is 11.8 Å². The van der Waals surface area contributed by atoms with E-state index in [2.05, 4.69) is 11.8 Å². The van der Waals surface area contributed by atoms with Gasteiger partial charge >= 0.3 is 0 Å². The molecule has 2 rings (SSSR count). The lowest BCUT2D eigenvalue weighted by atomic mass is 10.3. The summed E-state index contributed by atoms with van der Waals surface area (Å²) in [6, 6.07) is 5.26. The van der Waals surface area contributed by atoms with E-state index in [-0.39, 0.29) is 0 Å². The van der Waals surface area contributed by atoms with Gasteiger partial charge in [-0.05, 0) is 36.2 Å². The largest absolute Gasteiger partial charge is 0.768 e. The Bertz CT molecular complexity index is 381. The molecule has 1 aliphatic heterocycles. The third kappa shape index (κ3) is 1.67. The smallest absolute Gasteiger partial charge is 0.0686 e. The summed E-state index contributed by atoms with van der Waals surface area (Å²) in [7, 11) is 0. The molecule has 0 aromatic heterocycles. The van der Waals surface area contributed by atoms with Crippen LogP contribution in [0.2, 0.25) is 0 Å². The molecule has 0 fully saturated rings. The first-order valence-corrected chi connectivity index (χ1v) is 6.39. The van der Waals surface area contributed by atoms with Crippen molar-refractivity contribution in [3.8, 4) is 0 Å². The molecule has 3 nitrogen and oxygen atoms in total. The fourth-order valence-electron chi connectivity index (χ4n) is 1.45. The lowest BCUT2D eigenvalue weighted by molar-refractivity contribution is 0.537. The van der Waals surface area contributed by atoms with Gasteiger partial charge in [0.2, 0.25) is 0 Å². The molecule has 0 spiro atoms. The molecule has 0 N–H and O–H groups in total. The zero-order chi connectivity index (χ0) is 10.1. The number of benzene rings is 1. The van der Waals surface area contributed by atoms with Crippen LogP contribution in [-0.2, 0) is 11.1 Å². The summed E-state index contributed by atoms with van der Waals surface area (Å²) in [6.07, 6.45) is 0. The first kappa shape index (κ1) is 10.0. The Kier molecular flexibility index (Phi) is 2.80. The van der Waals surface area contributed by atoms with Crippen molar-refractivity contribution in [3.05, 3.63) is 18.2 Å². The number of nitrogens with zero attached hydrogens (tertiary/aromatic N) is 1. The lowest BCUT2D eigenvalue weighted by Crippen LogP contribution is -2.17. The molecule has 1 atom stereocenters. The molecular formula is C9H10NO2S2-. The van der Waals surface area contributed by atoms with Crippen molar-refractivity contribution in [3.63, 3.8) is 0 Å². The van der Waals surface area contributed by atoms with Crippen LogP contribution in [0.5, 0.6) is 0 Å². The van der Waals surface area contributed by atoms with Crippen LogP contribution in [-0.4, -0.2) is 21.2 Å². The molecule has 1 aliphatic rings. The van der Waals surface area contributed by atoms with Crippen LogP contribution >= 0.6 is 11.8 Å². The van der Waals surface area contributed by atoms with Crippen molar-refractivity contribution in [1.82, 2.24) is 0 Å². The molecule has 1 heterocycles. The number of anilines is 1. The van der Waals surface area contributed by atoms with E-state index in [0.717, 1.165) is 23.0 Å². The minimum Gasteiger partial charge on any atom is -0.768 e. The van der Waals surface area contributed by atoms with Crippen molar-refractivity contribution in [1.29, 1.82) is 0 Å². The Morgan fingerprint density at radius 3 is 3.07 bits per heavy atom. The van der Waals surface area contributed by atoms with Gasteiger partial charge in [-0.2, -0.15) is 0 Å². The molecule has 0 bridgehead atoms. The van der Waals surface area contributed by atoms with Gasteiger partial charge in [0.25, 0.3) is 0 Å². The zero-order valence-electron chi connectivity index (χ0n) is 7.73. The van der Waals surface area contributed by atoms with E-state index >= 15 is 0 Å². The molecular weight excluding hydrogens is 218 g/mol. The maximum absolute atomic E-state index is 10.7. The second-order valence-corrected chi connectivity index (χ2v) is 4.92. The minimum atomic E-state index is -2.12. The summed E-state index contributed by atoms with van der Waals surface area (Å²) < 4.78 is 21.5. The second kappa shape index (κ2) is 3.92. The Morgan fingerprint density at radius 1 is 1.64 bits per heavy atom. The van der Waals surface area contributed by atoms with E-state index in [0.29, 0.717) is 4.90 Å². The molecule has 1 unspecified atom stereocenters. The summed E-state index contributed by atoms with van der Waals surface area (Å²) in [5.41, 5.74) is 1.15. The van der Waals surface area contributed by atoms with E-state index in [4.69, 9.17) is 0 Å². The van der Waals surface area contributed by atoms with Crippen molar-refractivity contribution in [2.45, 2.75) is 16.7 Å². The third-order valence-electron chi connectivity index (χ3n) is 2.22. The third-order valence-corrected chi connectivity index (χ3v) is 3.94. The summed E-state index contributed by atoms with van der Waals surface area (Å²) in [4.78, 5) is 3.65. The molecule has 0 aliphatic carbocycles. The van der Waals surface area contributed by atoms with E-state index in [9.17, 15) is 8.76 Å². The van der Waals surface area contributed by atoms with Gasteiger partial charge in [0, 0.05) is 16.3 Å². The van der Waals surface area contributed by atoms with Gasteiger partial charge < -0.3 is 9.45 Å². The molecule has 0 saturated carbocycles. The van der Waals surface area contributed by atoms with Crippen LogP contribution in [0.3, 0.4) is 0 Å². The number of thioether (sulfide) groups is 1. The van der Waals surface area contributed by atoms with Crippen LogP contribution in [0.1, 0.15) is 6.92 Å². The highest BCUT2D eigenvalue weighted by molar-refractivity contribution is 7.99. The van der Waals surface area contributed by atoms with Gasteiger partial charge in [0.05, 0.1) is 11.6 Å². The average Bonchev–Trinajstić information content (AvgIpc) is 2.59. The van der Waals surface area contributed by atoms with Crippen LogP contribution in [0.4, 0.5) is 5.69 Å². The van der Waals surface area contributed by atoms with Crippen LogP contribution < -0.4 is 4.90 Å². The minimum absolute atomic E-state index is 0.370. The maximum atomic E-state index is 10.7. The van der Waals surface area contributed by atoms with Gasteiger partial charge in [0.1, 0.15) is 0 Å². The predicted octanol–water partition coefficient (Wildman–Crippen LogP) is 1.81. The topological polar surface area (TPSA) is 43.4 Å². The normalized spacial score (nSPS) is 16.9. The highest BCUT2D eigenvalue weighted by Crippen LogP contribution is 2.38. The SMILES string of the molecule is CCN1CSc2cc(S(=O)[O-])ccc21. The van der Waals surface area contributed by atoms with Gasteiger partial charge in [-0.1, -0.05) is 0 Å². The summed E-state index contributed by atoms with van der Waals surface area (Å²) in [5.74, 6) is 0.917. The quantitative estimate of drug-likeness (QED) is 0.724. The Balaban J connectivity index is 2.39. The van der Waals surface area contributed by atoms with Crippen LogP contribution in [0.15, 0.2) is 28.0 Å². The lowest BCUT2D eigenvalue weighted by Gasteiger charge is -2.15. The Labute approximate surface area is 89.8 Å². The molecule has 14 heavy (non-hydrogen) atoms. The molecule has 0 amide bonds. The van der Waals surface area contributed by atoms with Gasteiger partial charge in [0.15, 0.2) is 0 Å². The molecule has 5 heteroatoms. The number of rotatable bonds is 2. The second-order valence-electron chi connectivity index (χ2n) is 2.99. The maximum Gasteiger partial charge on any atom is 0.0686 e. The van der Waals surface area contributed by atoms with E-state index < -0.39 is 11.1 Å². The first-order valence-electron chi connectivity index (χ1n) is 4.33. The predicted molar refractivity (Wildman–Crippen MR) is 57.4 cm³/mol. The monoisotopic (exact) mass is 228 g/mol. The standard InChI is InChI=1S/C9H11NO2S2/c1-2-10-6-13-9-5-7(14(11)12)3-4-8(9)10/h3-5H,2,6H2,1H3,(H,11,12)/p-1. The molecule has 0 radical (unpaired) electrons. The molecule has 1 aromatic rings. The highest BCUT2D eigenvalue weighted by Gasteiger charge is 2.18. The molecule has 0 saturated heterocycles. The highest BCUT2D eigenvalue weighted by atomic mass is 32.2. The molecule has 1 aromatic carbocycles. The Hall–Kier alpha value is -0.520. The summed E-state index contributed by atoms with van der Waals surface area (Å²) in [5, 5.41) is 0. The van der Waals surface area contributed by atoms with Gasteiger partial charge in [-0.3, -0.25) is 4.21 Å². The summed E-state index contributed by atoms with van der Waals surface area (Å²) >= 11 is -0.432. The number of hydrogen-bond acceptors (Lipinski definition) is 4. The fourth-order valence-corrected chi connectivity index (χ4v) is 3.09. The Morgan fingerprint density at radius 2 is 2.43 bits per heavy atom. The van der Waals surface area contributed by atoms with Crippen LogP contribution in [0, 0.1) is 0 Å². The first-order chi connectivity index (χ1) is 6.72. The average molecular weight is 228 g/mol. The molecule has 76 valence electrons. The summed E-state index contributed by atoms with van der Waals surface area (Å²) in [6.45, 7) is 3.05. The van der Waals surface area contributed by atoms with Crippen molar-refractivity contribution >= 4 is 28.5 Å². The number of hydrogen-bond donors (Lipinski definition) is 0. The van der Waals surface area contributed by atoms with E-state index in [1.165, 1.54) is 0 Å². The van der Waals surface area contributed by atoms with Crippen molar-refractivity contribution in [2.24, 2.45) is 0 Å². The zero-order valence-corrected chi connectivity index (χ0v) is 9.36. The fraction of sp³-hybridized carbons (Fsp3) is 0.333. The van der Waals surface area contributed by atoms with E-state index in [1.807, 2.05) is 6.07 Å². The number of fused-ring (bicyclic) bond motifs is 1. The van der Waals surface area contributed by atoms with Crippen LogP contribution in [0.25, 0.3) is 0 Å². The van der Waals surface area contributed by atoms with Crippen molar-refractivity contribution in [2.75, 3.05) is 17.3 Å².